The minimum atomic E-state index is -4.23. The fourth-order valence-electron chi connectivity index (χ4n) is 1.65. The summed E-state index contributed by atoms with van der Waals surface area (Å²) in [6.07, 6.45) is 1.42. The van der Waals surface area contributed by atoms with Gasteiger partial charge in [0.15, 0.2) is 11.9 Å². The van der Waals surface area contributed by atoms with E-state index < -0.39 is 10.1 Å². The van der Waals surface area contributed by atoms with Gasteiger partial charge in [0.05, 0.1) is 11.3 Å². The van der Waals surface area contributed by atoms with Crippen LogP contribution in [0.15, 0.2) is 47.5 Å². The van der Waals surface area contributed by atoms with E-state index in [0.29, 0.717) is 10.3 Å². The number of aromatic nitrogens is 1. The normalized spacial score (nSPS) is 11.4. The molecule has 0 saturated heterocycles. The van der Waals surface area contributed by atoms with E-state index in [1.165, 1.54) is 42.6 Å². The van der Waals surface area contributed by atoms with Crippen molar-refractivity contribution in [3.63, 3.8) is 0 Å². The number of pyridine rings is 1. The molecule has 1 aromatic heterocycles. The molecule has 0 unspecified atom stereocenters. The van der Waals surface area contributed by atoms with E-state index in [2.05, 4.69) is 0 Å². The first-order valence-electron chi connectivity index (χ1n) is 5.34. The molecule has 0 radical (unpaired) electrons. The maximum atomic E-state index is 11.5. The highest BCUT2D eigenvalue weighted by Gasteiger charge is 2.13. The first-order valence-corrected chi connectivity index (χ1v) is 6.78. The van der Waals surface area contributed by atoms with Crippen LogP contribution in [-0.4, -0.2) is 18.1 Å². The van der Waals surface area contributed by atoms with E-state index in [9.17, 15) is 18.7 Å². The molecule has 6 nitrogen and oxygen atoms in total. The molecule has 0 aliphatic carbocycles. The van der Waals surface area contributed by atoms with Gasteiger partial charge in [-0.05, 0) is 23.8 Å². The molecule has 1 aromatic carbocycles. The van der Waals surface area contributed by atoms with Crippen LogP contribution >= 0.6 is 0 Å². The quantitative estimate of drug-likeness (QED) is 0.493. The number of rotatable bonds is 3. The monoisotopic (exact) mass is 281 g/mol. The number of hydrogen-bond acceptors (Lipinski definition) is 4. The van der Waals surface area contributed by atoms with Crippen molar-refractivity contribution in [2.45, 2.75) is 11.3 Å². The Labute approximate surface area is 109 Å². The molecule has 2 rings (SSSR count). The second kappa shape index (κ2) is 4.87. The second-order valence-electron chi connectivity index (χ2n) is 3.96. The predicted octanol–water partition coefficient (Wildman–Crippen LogP) is 0.863. The largest absolute Gasteiger partial charge is 0.618 e. The smallest absolute Gasteiger partial charge is 0.294 e. The average Bonchev–Trinajstić information content (AvgIpc) is 2.33. The van der Waals surface area contributed by atoms with Crippen molar-refractivity contribution >= 4 is 10.1 Å². The zero-order valence-corrected chi connectivity index (χ0v) is 10.5. The summed E-state index contributed by atoms with van der Waals surface area (Å²) in [6.45, 7) is 0. The molecule has 1 heterocycles. The summed E-state index contributed by atoms with van der Waals surface area (Å²) in [6, 6.07) is 8.23. The van der Waals surface area contributed by atoms with E-state index in [0.717, 1.165) is 0 Å². The lowest BCUT2D eigenvalue weighted by molar-refractivity contribution is -0.614. The topological polar surface area (TPSA) is 102 Å². The first-order chi connectivity index (χ1) is 8.88. The number of hydrogen-bond donors (Lipinski definition) is 2. The highest BCUT2D eigenvalue weighted by molar-refractivity contribution is 7.85. The lowest BCUT2D eigenvalue weighted by Gasteiger charge is -2.06. The van der Waals surface area contributed by atoms with Crippen molar-refractivity contribution in [3.8, 4) is 5.75 Å². The molecule has 2 aromatic rings. The van der Waals surface area contributed by atoms with Gasteiger partial charge in [0.2, 0.25) is 5.69 Å². The van der Waals surface area contributed by atoms with E-state index in [4.69, 9.17) is 4.55 Å². The molecular formula is C12H11NO5S. The van der Waals surface area contributed by atoms with Crippen molar-refractivity contribution < 1.29 is 22.8 Å². The number of nitrogens with zero attached hydrogens (tertiary/aromatic N) is 1. The highest BCUT2D eigenvalue weighted by atomic mass is 32.2. The molecule has 19 heavy (non-hydrogen) atoms. The van der Waals surface area contributed by atoms with Gasteiger partial charge in [-0.25, -0.2) is 0 Å². The third-order valence-electron chi connectivity index (χ3n) is 2.63. The van der Waals surface area contributed by atoms with Gasteiger partial charge in [0.25, 0.3) is 10.1 Å². The molecule has 0 bridgehead atoms. The Morgan fingerprint density at radius 2 is 1.79 bits per heavy atom. The van der Waals surface area contributed by atoms with Gasteiger partial charge in [-0.1, -0.05) is 12.1 Å². The third kappa shape index (κ3) is 3.01. The molecule has 0 aliphatic heterocycles. The Hall–Kier alpha value is -2.12. The summed E-state index contributed by atoms with van der Waals surface area (Å²) < 4.78 is 31.1. The Morgan fingerprint density at radius 1 is 1.16 bits per heavy atom. The second-order valence-corrected chi connectivity index (χ2v) is 5.38. The van der Waals surface area contributed by atoms with Gasteiger partial charge >= 0.3 is 0 Å². The van der Waals surface area contributed by atoms with Crippen LogP contribution < -0.4 is 4.73 Å². The van der Waals surface area contributed by atoms with E-state index in [-0.39, 0.29) is 22.8 Å². The summed E-state index contributed by atoms with van der Waals surface area (Å²) in [5, 5.41) is 21.1. The zero-order valence-electron chi connectivity index (χ0n) is 9.72. The Morgan fingerprint density at radius 3 is 2.32 bits per heavy atom. The van der Waals surface area contributed by atoms with E-state index >= 15 is 0 Å². The van der Waals surface area contributed by atoms with Crippen molar-refractivity contribution in [2.24, 2.45) is 0 Å². The minimum absolute atomic E-state index is 0.128. The molecule has 0 aliphatic rings. The summed E-state index contributed by atoms with van der Waals surface area (Å²) in [4.78, 5) is -0.219. The molecule has 0 spiro atoms. The van der Waals surface area contributed by atoms with Crippen molar-refractivity contribution in [2.75, 3.05) is 0 Å². The first kappa shape index (κ1) is 13.3. The standard InChI is InChI=1S/C12H11NO5S/c14-12-2-1-7-13(15)11(12)8-9-3-5-10(6-4-9)19(16,17)18/h1-7,14H,8H2,(H,16,17,18). The highest BCUT2D eigenvalue weighted by Crippen LogP contribution is 2.17. The van der Waals surface area contributed by atoms with Crippen LogP contribution in [0.1, 0.15) is 11.3 Å². The fourth-order valence-corrected chi connectivity index (χ4v) is 2.13. The van der Waals surface area contributed by atoms with Crippen molar-refractivity contribution in [3.05, 3.63) is 59.1 Å². The third-order valence-corrected chi connectivity index (χ3v) is 3.50. The summed E-state index contributed by atoms with van der Waals surface area (Å²) in [7, 11) is -4.23. The van der Waals surface area contributed by atoms with Crippen LogP contribution in [0.3, 0.4) is 0 Å². The van der Waals surface area contributed by atoms with Gasteiger partial charge in [-0.15, -0.1) is 0 Å². The molecule has 0 saturated carbocycles. The molecule has 100 valence electrons. The predicted molar refractivity (Wildman–Crippen MR) is 66.1 cm³/mol. The summed E-state index contributed by atoms with van der Waals surface area (Å²) >= 11 is 0. The van der Waals surface area contributed by atoms with E-state index in [1.807, 2.05) is 0 Å². The fraction of sp³-hybridized carbons (Fsp3) is 0.0833. The molecule has 0 amide bonds. The van der Waals surface area contributed by atoms with Gasteiger partial charge in [-0.3, -0.25) is 4.55 Å². The molecule has 0 atom stereocenters. The lowest BCUT2D eigenvalue weighted by Crippen LogP contribution is -2.31. The van der Waals surface area contributed by atoms with Gasteiger partial charge in [0, 0.05) is 6.07 Å². The molecular weight excluding hydrogens is 270 g/mol. The molecule has 2 N–H and O–H groups in total. The van der Waals surface area contributed by atoms with Crippen molar-refractivity contribution in [1.29, 1.82) is 0 Å². The summed E-state index contributed by atoms with van der Waals surface area (Å²) in [5.41, 5.74) is 0.806. The Balaban J connectivity index is 2.30. The molecule has 7 heteroatoms. The SMILES string of the molecule is O=S(=O)(O)c1ccc(Cc2c(O)ccc[n+]2[O-])cc1. The Kier molecular flexibility index (Phi) is 3.41. The minimum Gasteiger partial charge on any atom is -0.618 e. The van der Waals surface area contributed by atoms with E-state index in [1.54, 1.807) is 0 Å². The van der Waals surface area contributed by atoms with Crippen LogP contribution in [0.5, 0.6) is 5.75 Å². The van der Waals surface area contributed by atoms with Crippen LogP contribution in [0.4, 0.5) is 0 Å². The number of aromatic hydroxyl groups is 1. The molecule has 0 fully saturated rings. The Bertz CT molecular complexity index is 674. The maximum absolute atomic E-state index is 11.5. The number of benzene rings is 1. The van der Waals surface area contributed by atoms with Crippen LogP contribution in [-0.2, 0) is 16.5 Å². The van der Waals surface area contributed by atoms with Crippen LogP contribution in [0, 0.1) is 5.21 Å². The maximum Gasteiger partial charge on any atom is 0.294 e. The average molecular weight is 281 g/mol. The zero-order chi connectivity index (χ0) is 14.0. The van der Waals surface area contributed by atoms with Crippen LogP contribution in [0.2, 0.25) is 0 Å². The van der Waals surface area contributed by atoms with Gasteiger partial charge in [0.1, 0.15) is 0 Å². The van der Waals surface area contributed by atoms with Gasteiger partial charge in [-0.2, -0.15) is 13.1 Å². The van der Waals surface area contributed by atoms with Crippen LogP contribution in [0.25, 0.3) is 0 Å². The van der Waals surface area contributed by atoms with Crippen molar-refractivity contribution in [1.82, 2.24) is 0 Å². The van der Waals surface area contributed by atoms with Gasteiger partial charge < -0.3 is 10.3 Å². The summed E-state index contributed by atoms with van der Waals surface area (Å²) in [5.74, 6) is -0.128. The lowest BCUT2D eigenvalue weighted by atomic mass is 10.1.